The lowest BCUT2D eigenvalue weighted by Crippen LogP contribution is -2.23. The average molecular weight is 345 g/mol. The van der Waals surface area contributed by atoms with E-state index in [0.717, 1.165) is 4.88 Å². The first kappa shape index (κ1) is 16.0. The molecule has 0 aliphatic rings. The van der Waals surface area contributed by atoms with Gasteiger partial charge >= 0.3 is 0 Å². The van der Waals surface area contributed by atoms with Crippen molar-refractivity contribution in [2.75, 3.05) is 14.2 Å². The molecular weight excluding hydrogens is 330 g/mol. The number of hydrogen-bond acceptors (Lipinski definition) is 7. The molecule has 8 heteroatoms. The van der Waals surface area contributed by atoms with E-state index in [9.17, 15) is 4.79 Å². The number of carbonyl (C=O) groups excluding carboxylic acids is 1. The van der Waals surface area contributed by atoms with E-state index in [1.54, 1.807) is 18.2 Å². The Labute approximate surface area is 142 Å². The predicted octanol–water partition coefficient (Wildman–Crippen LogP) is 2.75. The van der Waals surface area contributed by atoms with E-state index in [0.29, 0.717) is 28.8 Å². The van der Waals surface area contributed by atoms with Gasteiger partial charge in [0.15, 0.2) is 0 Å². The fourth-order valence-electron chi connectivity index (χ4n) is 2.03. The lowest BCUT2D eigenvalue weighted by atomic mass is 10.2. The van der Waals surface area contributed by atoms with Crippen LogP contribution in [0, 0.1) is 0 Å². The molecule has 0 fully saturated rings. The minimum atomic E-state index is -0.289. The third-order valence-corrected chi connectivity index (χ3v) is 4.09. The first-order valence-corrected chi connectivity index (χ1v) is 7.95. The van der Waals surface area contributed by atoms with E-state index < -0.39 is 0 Å². The van der Waals surface area contributed by atoms with Gasteiger partial charge in [-0.15, -0.1) is 11.3 Å². The molecule has 0 saturated carbocycles. The minimum absolute atomic E-state index is 0.136. The highest BCUT2D eigenvalue weighted by molar-refractivity contribution is 7.13. The van der Waals surface area contributed by atoms with Crippen LogP contribution in [0.15, 0.2) is 40.2 Å². The predicted molar refractivity (Wildman–Crippen MR) is 88.3 cm³/mol. The van der Waals surface area contributed by atoms with Gasteiger partial charge in [-0.2, -0.15) is 4.98 Å². The van der Waals surface area contributed by atoms with Gasteiger partial charge in [0.25, 0.3) is 5.91 Å². The maximum atomic E-state index is 12.3. The lowest BCUT2D eigenvalue weighted by Gasteiger charge is -2.08. The molecule has 0 spiro atoms. The summed E-state index contributed by atoms with van der Waals surface area (Å²) in [6, 6.07) is 8.77. The second-order valence-corrected chi connectivity index (χ2v) is 5.72. The van der Waals surface area contributed by atoms with Crippen LogP contribution in [-0.4, -0.2) is 30.3 Å². The minimum Gasteiger partial charge on any atom is -0.497 e. The molecule has 0 radical (unpaired) electrons. The van der Waals surface area contributed by atoms with Crippen molar-refractivity contribution in [1.82, 2.24) is 15.5 Å². The van der Waals surface area contributed by atoms with Crippen LogP contribution in [-0.2, 0) is 6.54 Å². The third kappa shape index (κ3) is 3.54. The molecule has 124 valence electrons. The van der Waals surface area contributed by atoms with Crippen LogP contribution < -0.4 is 14.8 Å². The lowest BCUT2D eigenvalue weighted by molar-refractivity contribution is 0.0945. The van der Waals surface area contributed by atoms with Gasteiger partial charge in [0.1, 0.15) is 11.5 Å². The highest BCUT2D eigenvalue weighted by Crippen LogP contribution is 2.23. The number of methoxy groups -OCH3 is 2. The van der Waals surface area contributed by atoms with Gasteiger partial charge in [-0.1, -0.05) is 11.2 Å². The van der Waals surface area contributed by atoms with Crippen LogP contribution in [0.4, 0.5) is 0 Å². The summed E-state index contributed by atoms with van der Waals surface area (Å²) in [4.78, 5) is 17.4. The highest BCUT2D eigenvalue weighted by atomic mass is 32.1. The number of hydrogen-bond donors (Lipinski definition) is 1. The van der Waals surface area contributed by atoms with Crippen molar-refractivity contribution in [2.45, 2.75) is 6.54 Å². The average Bonchev–Trinajstić information content (AvgIpc) is 3.30. The fraction of sp³-hybridized carbons (Fsp3) is 0.188. The molecule has 7 nitrogen and oxygen atoms in total. The number of ether oxygens (including phenoxy) is 2. The molecule has 0 bridgehead atoms. The highest BCUT2D eigenvalue weighted by Gasteiger charge is 2.13. The van der Waals surface area contributed by atoms with Crippen LogP contribution in [0.5, 0.6) is 11.5 Å². The summed E-state index contributed by atoms with van der Waals surface area (Å²) in [6.45, 7) is 0.136. The fourth-order valence-corrected chi connectivity index (χ4v) is 2.68. The zero-order chi connectivity index (χ0) is 16.9. The van der Waals surface area contributed by atoms with Crippen molar-refractivity contribution in [2.24, 2.45) is 0 Å². The summed E-state index contributed by atoms with van der Waals surface area (Å²) < 4.78 is 15.5. The smallest absolute Gasteiger partial charge is 0.251 e. The summed E-state index contributed by atoms with van der Waals surface area (Å²) in [7, 11) is 3.06. The molecule has 3 rings (SSSR count). The number of nitrogens with zero attached hydrogens (tertiary/aromatic N) is 2. The van der Waals surface area contributed by atoms with Crippen LogP contribution in [0.3, 0.4) is 0 Å². The standard InChI is InChI=1S/C16H15N3O4S/c1-21-11-6-10(7-12(8-11)22-2)16(20)17-9-14-18-15(19-23-14)13-4-3-5-24-13/h3-8H,9H2,1-2H3,(H,17,20). The van der Waals surface area contributed by atoms with E-state index in [1.807, 2.05) is 17.5 Å². The maximum Gasteiger partial charge on any atom is 0.251 e. The van der Waals surface area contributed by atoms with Gasteiger partial charge in [0.05, 0.1) is 25.6 Å². The Kier molecular flexibility index (Phi) is 4.76. The topological polar surface area (TPSA) is 86.5 Å². The Morgan fingerprint density at radius 1 is 1.25 bits per heavy atom. The first-order chi connectivity index (χ1) is 11.7. The summed E-state index contributed by atoms with van der Waals surface area (Å²) in [5.41, 5.74) is 0.421. The summed E-state index contributed by atoms with van der Waals surface area (Å²) in [5, 5.41) is 8.56. The zero-order valence-electron chi connectivity index (χ0n) is 13.1. The Balaban J connectivity index is 1.67. The summed E-state index contributed by atoms with van der Waals surface area (Å²) in [6.07, 6.45) is 0. The molecule has 1 aromatic carbocycles. The molecule has 2 aromatic heterocycles. The number of aromatic nitrogens is 2. The number of benzene rings is 1. The van der Waals surface area contributed by atoms with Gasteiger partial charge in [-0.25, -0.2) is 0 Å². The Morgan fingerprint density at radius 3 is 2.62 bits per heavy atom. The molecule has 0 saturated heterocycles. The molecule has 1 N–H and O–H groups in total. The molecule has 1 amide bonds. The van der Waals surface area contributed by atoms with E-state index in [2.05, 4.69) is 15.5 Å². The third-order valence-electron chi connectivity index (χ3n) is 3.22. The zero-order valence-corrected chi connectivity index (χ0v) is 13.9. The Bertz CT molecular complexity index is 807. The van der Waals surface area contributed by atoms with Crippen molar-refractivity contribution in [1.29, 1.82) is 0 Å². The van der Waals surface area contributed by atoms with Gasteiger partial charge in [0, 0.05) is 11.6 Å². The van der Waals surface area contributed by atoms with E-state index in [-0.39, 0.29) is 12.5 Å². The van der Waals surface area contributed by atoms with Crippen LogP contribution >= 0.6 is 11.3 Å². The molecular formula is C16H15N3O4S. The van der Waals surface area contributed by atoms with Crippen molar-refractivity contribution in [3.8, 4) is 22.2 Å². The molecule has 0 unspecified atom stereocenters. The first-order valence-electron chi connectivity index (χ1n) is 7.07. The number of carbonyl (C=O) groups is 1. The molecule has 0 aliphatic heterocycles. The number of amides is 1. The van der Waals surface area contributed by atoms with E-state index in [4.69, 9.17) is 14.0 Å². The second kappa shape index (κ2) is 7.14. The maximum absolute atomic E-state index is 12.3. The molecule has 3 aromatic rings. The van der Waals surface area contributed by atoms with Gasteiger partial charge in [-0.3, -0.25) is 4.79 Å². The monoisotopic (exact) mass is 345 g/mol. The normalized spacial score (nSPS) is 10.4. The van der Waals surface area contributed by atoms with Gasteiger partial charge in [0.2, 0.25) is 11.7 Å². The van der Waals surface area contributed by atoms with Crippen molar-refractivity contribution in [3.05, 3.63) is 47.2 Å². The van der Waals surface area contributed by atoms with Gasteiger partial charge in [-0.05, 0) is 23.6 Å². The number of nitrogens with one attached hydrogen (secondary N) is 1. The molecule has 0 aliphatic carbocycles. The quantitative estimate of drug-likeness (QED) is 0.739. The van der Waals surface area contributed by atoms with Crippen molar-refractivity contribution in [3.63, 3.8) is 0 Å². The molecule has 24 heavy (non-hydrogen) atoms. The SMILES string of the molecule is COc1cc(OC)cc(C(=O)NCc2nc(-c3cccs3)no2)c1. The van der Waals surface area contributed by atoms with Crippen LogP contribution in [0.2, 0.25) is 0 Å². The molecule has 0 atom stereocenters. The van der Waals surface area contributed by atoms with Crippen molar-refractivity contribution < 1.29 is 18.8 Å². The Morgan fingerprint density at radius 2 is 2.00 bits per heavy atom. The van der Waals surface area contributed by atoms with Gasteiger partial charge < -0.3 is 19.3 Å². The largest absolute Gasteiger partial charge is 0.497 e. The van der Waals surface area contributed by atoms with Crippen LogP contribution in [0.1, 0.15) is 16.2 Å². The van der Waals surface area contributed by atoms with Crippen LogP contribution in [0.25, 0.3) is 10.7 Å². The number of rotatable bonds is 6. The Hall–Kier alpha value is -2.87. The van der Waals surface area contributed by atoms with E-state index in [1.165, 1.54) is 25.6 Å². The summed E-state index contributed by atoms with van der Waals surface area (Å²) in [5.74, 6) is 1.64. The number of thiophene rings is 1. The van der Waals surface area contributed by atoms with Crippen molar-refractivity contribution >= 4 is 17.2 Å². The van der Waals surface area contributed by atoms with E-state index >= 15 is 0 Å². The second-order valence-electron chi connectivity index (χ2n) is 4.77. The summed E-state index contributed by atoms with van der Waals surface area (Å²) >= 11 is 1.52. The molecule has 2 heterocycles.